The van der Waals surface area contributed by atoms with Crippen LogP contribution in [0.25, 0.3) is 0 Å². The summed E-state index contributed by atoms with van der Waals surface area (Å²) < 4.78 is 0. The van der Waals surface area contributed by atoms with Crippen molar-refractivity contribution in [2.75, 3.05) is 6.54 Å². The topological polar surface area (TPSA) is 72.2 Å². The van der Waals surface area contributed by atoms with Crippen molar-refractivity contribution in [1.82, 2.24) is 5.32 Å². The summed E-state index contributed by atoms with van der Waals surface area (Å²) in [4.78, 5) is 22.4. The summed E-state index contributed by atoms with van der Waals surface area (Å²) in [5.41, 5.74) is 7.31. The zero-order valence-corrected chi connectivity index (χ0v) is 12.0. The third kappa shape index (κ3) is 4.80. The Labute approximate surface area is 129 Å². The van der Waals surface area contributed by atoms with Gasteiger partial charge in [-0.2, -0.15) is 0 Å². The molecule has 0 fully saturated rings. The molecule has 0 aliphatic carbocycles. The molecular formula is C18H16N2O2. The minimum atomic E-state index is -0.438. The van der Waals surface area contributed by atoms with Gasteiger partial charge in [-0.15, -0.1) is 0 Å². The first kappa shape index (κ1) is 15.3. The van der Waals surface area contributed by atoms with Crippen molar-refractivity contribution in [2.24, 2.45) is 5.73 Å². The Kier molecular flexibility index (Phi) is 5.33. The lowest BCUT2D eigenvalue weighted by Crippen LogP contribution is -2.27. The maximum absolute atomic E-state index is 11.8. The van der Waals surface area contributed by atoms with Crippen LogP contribution in [0, 0.1) is 11.8 Å². The Hall–Kier alpha value is -3.06. The van der Waals surface area contributed by atoms with Crippen molar-refractivity contribution in [3.8, 4) is 11.8 Å². The van der Waals surface area contributed by atoms with Gasteiger partial charge in [-0.1, -0.05) is 30.0 Å². The van der Waals surface area contributed by atoms with E-state index in [2.05, 4.69) is 17.2 Å². The van der Waals surface area contributed by atoms with Crippen molar-refractivity contribution in [1.29, 1.82) is 0 Å². The van der Waals surface area contributed by atoms with E-state index in [1.165, 1.54) is 0 Å². The summed E-state index contributed by atoms with van der Waals surface area (Å²) in [5.74, 6) is 5.43. The summed E-state index contributed by atoms with van der Waals surface area (Å²) in [7, 11) is 0. The molecule has 0 aromatic heterocycles. The maximum Gasteiger partial charge on any atom is 0.251 e. The van der Waals surface area contributed by atoms with Crippen LogP contribution in [0.15, 0.2) is 54.6 Å². The molecule has 0 aliphatic rings. The molecule has 2 aromatic carbocycles. The number of hydrogen-bond donors (Lipinski definition) is 2. The molecule has 0 bridgehead atoms. The molecule has 0 spiro atoms. The van der Waals surface area contributed by atoms with Gasteiger partial charge in [-0.25, -0.2) is 0 Å². The monoisotopic (exact) mass is 292 g/mol. The van der Waals surface area contributed by atoms with Gasteiger partial charge in [-0.3, -0.25) is 9.59 Å². The fourth-order valence-electron chi connectivity index (χ4n) is 1.77. The van der Waals surface area contributed by atoms with Crippen molar-refractivity contribution >= 4 is 11.8 Å². The molecule has 3 N–H and O–H groups in total. The van der Waals surface area contributed by atoms with Crippen LogP contribution in [0.4, 0.5) is 0 Å². The SMILES string of the molecule is NC(=O)CCNC(=O)c1ccc(C#Cc2ccccc2)cc1. The number of carbonyl (C=O) groups is 2. The zero-order valence-electron chi connectivity index (χ0n) is 12.0. The van der Waals surface area contributed by atoms with E-state index in [1.54, 1.807) is 24.3 Å². The highest BCUT2D eigenvalue weighted by Crippen LogP contribution is 2.04. The van der Waals surface area contributed by atoms with Gasteiger partial charge in [-0.05, 0) is 36.4 Å². The molecule has 0 radical (unpaired) electrons. The molecule has 0 aliphatic heterocycles. The first-order chi connectivity index (χ1) is 10.6. The van der Waals surface area contributed by atoms with E-state index in [0.717, 1.165) is 11.1 Å². The van der Waals surface area contributed by atoms with Gasteiger partial charge in [0.1, 0.15) is 0 Å². The number of nitrogens with two attached hydrogens (primary N) is 1. The lowest BCUT2D eigenvalue weighted by Gasteiger charge is -2.03. The molecule has 0 saturated carbocycles. The molecule has 4 heteroatoms. The first-order valence-electron chi connectivity index (χ1n) is 6.89. The molecule has 0 heterocycles. The van der Waals surface area contributed by atoms with Gasteiger partial charge in [0, 0.05) is 29.7 Å². The highest BCUT2D eigenvalue weighted by atomic mass is 16.2. The number of primary amides is 1. The van der Waals surface area contributed by atoms with Crippen molar-refractivity contribution in [3.05, 3.63) is 71.3 Å². The van der Waals surface area contributed by atoms with E-state index in [1.807, 2.05) is 30.3 Å². The normalized spacial score (nSPS) is 9.45. The Morgan fingerprint density at radius 2 is 1.50 bits per heavy atom. The maximum atomic E-state index is 11.8. The second-order valence-electron chi connectivity index (χ2n) is 4.67. The predicted molar refractivity (Wildman–Crippen MR) is 85.0 cm³/mol. The standard InChI is InChI=1S/C18H16N2O2/c19-17(21)12-13-20-18(22)16-10-8-15(9-11-16)7-6-14-4-2-1-3-5-14/h1-5,8-11H,12-13H2,(H2,19,21)(H,20,22). The largest absolute Gasteiger partial charge is 0.370 e. The van der Waals surface area contributed by atoms with Gasteiger partial charge in [0.2, 0.25) is 5.91 Å². The average molecular weight is 292 g/mol. The second-order valence-corrected chi connectivity index (χ2v) is 4.67. The molecule has 110 valence electrons. The van der Waals surface area contributed by atoms with Crippen LogP contribution in [0.5, 0.6) is 0 Å². The second kappa shape index (κ2) is 7.65. The summed E-state index contributed by atoms with van der Waals surface area (Å²) >= 11 is 0. The minimum Gasteiger partial charge on any atom is -0.370 e. The Morgan fingerprint density at radius 1 is 0.909 bits per heavy atom. The van der Waals surface area contributed by atoms with Gasteiger partial charge in [0.15, 0.2) is 0 Å². The van der Waals surface area contributed by atoms with Crippen molar-refractivity contribution in [3.63, 3.8) is 0 Å². The molecule has 22 heavy (non-hydrogen) atoms. The lowest BCUT2D eigenvalue weighted by molar-refractivity contribution is -0.117. The fourth-order valence-corrected chi connectivity index (χ4v) is 1.77. The highest BCUT2D eigenvalue weighted by molar-refractivity contribution is 5.94. The molecule has 0 unspecified atom stereocenters. The summed E-state index contributed by atoms with van der Waals surface area (Å²) in [5, 5.41) is 2.63. The third-order valence-corrected chi connectivity index (χ3v) is 2.93. The van der Waals surface area contributed by atoms with Crippen LogP contribution >= 0.6 is 0 Å². The minimum absolute atomic E-state index is 0.131. The molecule has 0 atom stereocenters. The first-order valence-corrected chi connectivity index (χ1v) is 6.89. The number of amides is 2. The van der Waals surface area contributed by atoms with Crippen molar-refractivity contribution in [2.45, 2.75) is 6.42 Å². The third-order valence-electron chi connectivity index (χ3n) is 2.93. The Balaban J connectivity index is 1.97. The molecule has 2 amide bonds. The lowest BCUT2D eigenvalue weighted by atomic mass is 10.1. The number of hydrogen-bond acceptors (Lipinski definition) is 2. The number of benzene rings is 2. The molecule has 2 aromatic rings. The van der Waals surface area contributed by atoms with E-state index in [4.69, 9.17) is 5.73 Å². The van der Waals surface area contributed by atoms with Crippen molar-refractivity contribution < 1.29 is 9.59 Å². The van der Waals surface area contributed by atoms with Gasteiger partial charge >= 0.3 is 0 Å². The quantitative estimate of drug-likeness (QED) is 0.842. The van der Waals surface area contributed by atoms with E-state index < -0.39 is 5.91 Å². The van der Waals surface area contributed by atoms with Crippen LogP contribution in [0.1, 0.15) is 27.9 Å². The van der Waals surface area contributed by atoms with Gasteiger partial charge in [0.05, 0.1) is 0 Å². The Bertz CT molecular complexity index is 710. The highest BCUT2D eigenvalue weighted by Gasteiger charge is 2.04. The molecule has 0 saturated heterocycles. The molecular weight excluding hydrogens is 276 g/mol. The van der Waals surface area contributed by atoms with E-state index >= 15 is 0 Å². The summed E-state index contributed by atoms with van der Waals surface area (Å²) in [6.07, 6.45) is 0.131. The van der Waals surface area contributed by atoms with E-state index in [0.29, 0.717) is 5.56 Å². The average Bonchev–Trinajstić information content (AvgIpc) is 2.54. The summed E-state index contributed by atoms with van der Waals surface area (Å²) in [6.45, 7) is 0.240. The van der Waals surface area contributed by atoms with Crippen LogP contribution in [0.2, 0.25) is 0 Å². The number of rotatable bonds is 4. The summed E-state index contributed by atoms with van der Waals surface area (Å²) in [6, 6.07) is 16.7. The number of carbonyl (C=O) groups excluding carboxylic acids is 2. The van der Waals surface area contributed by atoms with Crippen LogP contribution in [-0.4, -0.2) is 18.4 Å². The van der Waals surface area contributed by atoms with Crippen LogP contribution in [-0.2, 0) is 4.79 Å². The van der Waals surface area contributed by atoms with E-state index in [9.17, 15) is 9.59 Å². The van der Waals surface area contributed by atoms with Crippen LogP contribution in [0.3, 0.4) is 0 Å². The smallest absolute Gasteiger partial charge is 0.251 e. The Morgan fingerprint density at radius 3 is 2.09 bits per heavy atom. The van der Waals surface area contributed by atoms with Crippen LogP contribution < -0.4 is 11.1 Å². The molecule has 2 rings (SSSR count). The van der Waals surface area contributed by atoms with Gasteiger partial charge in [0.25, 0.3) is 5.91 Å². The van der Waals surface area contributed by atoms with E-state index in [-0.39, 0.29) is 18.9 Å². The van der Waals surface area contributed by atoms with Gasteiger partial charge < -0.3 is 11.1 Å². The molecule has 4 nitrogen and oxygen atoms in total. The fraction of sp³-hybridized carbons (Fsp3) is 0.111. The zero-order chi connectivity index (χ0) is 15.8. The predicted octanol–water partition coefficient (Wildman–Crippen LogP) is 1.69. The number of nitrogens with one attached hydrogen (secondary N) is 1.